The minimum atomic E-state index is -1.25. The van der Waals surface area contributed by atoms with Crippen molar-refractivity contribution in [2.24, 2.45) is 0 Å². The van der Waals surface area contributed by atoms with Crippen molar-refractivity contribution < 1.29 is 9.18 Å². The van der Waals surface area contributed by atoms with Crippen LogP contribution in [-0.4, -0.2) is 69.6 Å². The molecule has 1 atom stereocenters. The van der Waals surface area contributed by atoms with Crippen molar-refractivity contribution in [3.8, 4) is 0 Å². The third kappa shape index (κ3) is 3.68. The number of hydrogen-bond acceptors (Lipinski definition) is 5. The van der Waals surface area contributed by atoms with E-state index in [1.165, 1.54) is 0 Å². The highest BCUT2D eigenvalue weighted by Crippen LogP contribution is 2.34. The molecule has 1 aliphatic carbocycles. The van der Waals surface area contributed by atoms with Gasteiger partial charge in [0, 0.05) is 37.4 Å². The Labute approximate surface area is 154 Å². The maximum absolute atomic E-state index is 15.2. The number of likely N-dealkylation sites (tertiary alicyclic amines) is 2. The zero-order valence-corrected chi connectivity index (χ0v) is 15.7. The van der Waals surface area contributed by atoms with E-state index in [1.807, 2.05) is 24.8 Å². The van der Waals surface area contributed by atoms with E-state index in [4.69, 9.17) is 0 Å². The molecule has 1 N–H and O–H groups in total. The largest absolute Gasteiger partial charge is 0.367 e. The quantitative estimate of drug-likeness (QED) is 0.870. The van der Waals surface area contributed by atoms with Crippen molar-refractivity contribution in [2.75, 3.05) is 31.5 Å². The van der Waals surface area contributed by atoms with Crippen LogP contribution >= 0.6 is 0 Å². The van der Waals surface area contributed by atoms with Gasteiger partial charge in [-0.05, 0) is 46.0 Å². The number of rotatable bonds is 5. The van der Waals surface area contributed by atoms with Gasteiger partial charge in [0.2, 0.25) is 5.91 Å². The number of aryl methyl sites for hydroxylation is 2. The van der Waals surface area contributed by atoms with Gasteiger partial charge in [-0.15, -0.1) is 0 Å². The Kier molecular flexibility index (Phi) is 4.59. The van der Waals surface area contributed by atoms with Crippen LogP contribution in [-0.2, 0) is 4.79 Å². The number of alkyl halides is 1. The fourth-order valence-electron chi connectivity index (χ4n) is 4.24. The number of hydrogen-bond donors (Lipinski definition) is 1. The fourth-order valence-corrected chi connectivity index (χ4v) is 4.24. The highest BCUT2D eigenvalue weighted by Gasteiger charge is 2.45. The summed E-state index contributed by atoms with van der Waals surface area (Å²) in [5.41, 5.74) is -0.371. The van der Waals surface area contributed by atoms with Crippen molar-refractivity contribution in [3.63, 3.8) is 0 Å². The molecule has 26 heavy (non-hydrogen) atoms. The van der Waals surface area contributed by atoms with E-state index < -0.39 is 5.67 Å². The first kappa shape index (κ1) is 17.6. The molecule has 1 aromatic heterocycles. The number of nitrogens with zero attached hydrogens (tertiary/aromatic N) is 4. The molecule has 1 amide bonds. The summed E-state index contributed by atoms with van der Waals surface area (Å²) in [6, 6.07) is 2.30. The van der Waals surface area contributed by atoms with Gasteiger partial charge in [-0.3, -0.25) is 9.69 Å². The molecular formula is C19H28FN5O. The molecule has 3 fully saturated rings. The van der Waals surface area contributed by atoms with Crippen molar-refractivity contribution in [2.45, 2.75) is 63.7 Å². The highest BCUT2D eigenvalue weighted by molar-refractivity contribution is 5.84. The van der Waals surface area contributed by atoms with Crippen LogP contribution in [0.25, 0.3) is 0 Å². The number of anilines is 1. The molecule has 0 bridgehead atoms. The summed E-state index contributed by atoms with van der Waals surface area (Å²) < 4.78 is 15.2. The highest BCUT2D eigenvalue weighted by atomic mass is 19.1. The van der Waals surface area contributed by atoms with Crippen molar-refractivity contribution in [1.82, 2.24) is 19.8 Å². The van der Waals surface area contributed by atoms with Crippen LogP contribution < -0.4 is 5.32 Å². The number of carbonyl (C=O) groups excluding carboxylic acids is 1. The lowest BCUT2D eigenvalue weighted by atomic mass is 9.92. The molecule has 1 aromatic rings. The molecule has 0 radical (unpaired) electrons. The Morgan fingerprint density at radius 3 is 2.58 bits per heavy atom. The summed E-state index contributed by atoms with van der Waals surface area (Å²) in [7, 11) is 0. The first-order chi connectivity index (χ1) is 12.4. The average Bonchev–Trinajstić information content (AvgIpc) is 3.36. The van der Waals surface area contributed by atoms with Crippen LogP contribution in [0.3, 0.4) is 0 Å². The second kappa shape index (κ2) is 6.76. The molecule has 142 valence electrons. The molecule has 1 saturated carbocycles. The summed E-state index contributed by atoms with van der Waals surface area (Å²) >= 11 is 0. The van der Waals surface area contributed by atoms with Gasteiger partial charge < -0.3 is 10.2 Å². The third-order valence-corrected chi connectivity index (χ3v) is 5.89. The molecule has 3 heterocycles. The van der Waals surface area contributed by atoms with E-state index in [0.717, 1.165) is 31.5 Å². The van der Waals surface area contributed by atoms with Gasteiger partial charge >= 0.3 is 0 Å². The first-order valence-electron chi connectivity index (χ1n) is 9.73. The van der Waals surface area contributed by atoms with Gasteiger partial charge in [0.05, 0.1) is 12.6 Å². The average molecular weight is 361 g/mol. The Morgan fingerprint density at radius 1 is 1.19 bits per heavy atom. The van der Waals surface area contributed by atoms with E-state index in [1.54, 1.807) is 0 Å². The second-order valence-corrected chi connectivity index (χ2v) is 8.05. The summed E-state index contributed by atoms with van der Waals surface area (Å²) in [6.07, 6.45) is 4.11. The number of aromatic nitrogens is 2. The first-order valence-corrected chi connectivity index (χ1v) is 9.73. The van der Waals surface area contributed by atoms with Crippen LogP contribution in [0.4, 0.5) is 10.2 Å². The minimum absolute atomic E-state index is 0.0275. The Balaban J connectivity index is 1.30. The van der Waals surface area contributed by atoms with Crippen molar-refractivity contribution in [3.05, 3.63) is 17.6 Å². The number of halogens is 1. The zero-order valence-electron chi connectivity index (χ0n) is 15.7. The van der Waals surface area contributed by atoms with Crippen LogP contribution in [0.5, 0.6) is 0 Å². The summed E-state index contributed by atoms with van der Waals surface area (Å²) in [5.74, 6) is 1.64. The smallest absolute Gasteiger partial charge is 0.240 e. The van der Waals surface area contributed by atoms with E-state index >= 15 is 4.39 Å². The number of piperidine rings is 1. The molecule has 0 aromatic carbocycles. The Bertz CT molecular complexity index is 664. The molecule has 1 unspecified atom stereocenters. The monoisotopic (exact) mass is 361 g/mol. The topological polar surface area (TPSA) is 61.4 Å². The van der Waals surface area contributed by atoms with E-state index in [0.29, 0.717) is 43.6 Å². The molecule has 3 aliphatic rings. The summed E-state index contributed by atoms with van der Waals surface area (Å²) in [5, 5.41) is 3.14. The predicted octanol–water partition coefficient (Wildman–Crippen LogP) is 2.07. The lowest BCUT2D eigenvalue weighted by Gasteiger charge is -2.38. The van der Waals surface area contributed by atoms with Crippen LogP contribution in [0.15, 0.2) is 6.07 Å². The van der Waals surface area contributed by atoms with Crippen LogP contribution in [0.1, 0.15) is 43.6 Å². The van der Waals surface area contributed by atoms with Gasteiger partial charge in [-0.1, -0.05) is 0 Å². The fraction of sp³-hybridized carbons (Fsp3) is 0.737. The molecule has 2 aliphatic heterocycles. The van der Waals surface area contributed by atoms with Gasteiger partial charge in [0.15, 0.2) is 0 Å². The van der Waals surface area contributed by atoms with Crippen molar-refractivity contribution >= 4 is 11.7 Å². The number of amides is 1. The minimum Gasteiger partial charge on any atom is -0.367 e. The van der Waals surface area contributed by atoms with Crippen molar-refractivity contribution in [1.29, 1.82) is 0 Å². The van der Waals surface area contributed by atoms with E-state index in [-0.39, 0.29) is 18.5 Å². The SMILES string of the molecule is Cc1cc(NCC2(F)CCN(C3CCN(C4CC4)C3=O)CC2)nc(C)n1. The lowest BCUT2D eigenvalue weighted by molar-refractivity contribution is -0.133. The third-order valence-electron chi connectivity index (χ3n) is 5.89. The van der Waals surface area contributed by atoms with Gasteiger partial charge in [-0.2, -0.15) is 0 Å². The Hall–Kier alpha value is -1.76. The van der Waals surface area contributed by atoms with E-state index in [9.17, 15) is 4.79 Å². The zero-order chi connectivity index (χ0) is 18.3. The molecule has 2 saturated heterocycles. The maximum Gasteiger partial charge on any atom is 0.240 e. The van der Waals surface area contributed by atoms with Gasteiger partial charge in [0.25, 0.3) is 0 Å². The lowest BCUT2D eigenvalue weighted by Crippen LogP contribution is -2.51. The van der Waals surface area contributed by atoms with E-state index in [2.05, 4.69) is 20.2 Å². The predicted molar refractivity (Wildman–Crippen MR) is 97.8 cm³/mol. The number of nitrogens with one attached hydrogen (secondary N) is 1. The maximum atomic E-state index is 15.2. The summed E-state index contributed by atoms with van der Waals surface area (Å²) in [6.45, 7) is 6.17. The molecule has 7 heteroatoms. The van der Waals surface area contributed by atoms with Gasteiger partial charge in [-0.25, -0.2) is 14.4 Å². The summed E-state index contributed by atoms with van der Waals surface area (Å²) in [4.78, 5) is 25.4. The van der Waals surface area contributed by atoms with Crippen LogP contribution in [0.2, 0.25) is 0 Å². The molecule has 0 spiro atoms. The second-order valence-electron chi connectivity index (χ2n) is 8.05. The van der Waals surface area contributed by atoms with Crippen LogP contribution in [0, 0.1) is 13.8 Å². The molecule has 4 rings (SSSR count). The standard InChI is InChI=1S/C19H28FN5O/c1-13-11-17(23-14(2)22-13)21-12-19(20)6-9-24(10-7-19)16-5-8-25(18(16)26)15-3-4-15/h11,15-16H,3-10,12H2,1-2H3,(H,21,22,23). The number of carbonyl (C=O) groups is 1. The Morgan fingerprint density at radius 2 is 1.92 bits per heavy atom. The van der Waals surface area contributed by atoms with Gasteiger partial charge in [0.1, 0.15) is 17.3 Å². The normalized spacial score (nSPS) is 26.3. The molecule has 6 nitrogen and oxygen atoms in total. The molecular weight excluding hydrogens is 333 g/mol.